The van der Waals surface area contributed by atoms with Crippen molar-refractivity contribution in [3.05, 3.63) is 30.0 Å². The van der Waals surface area contributed by atoms with Crippen LogP contribution >= 0.6 is 11.6 Å². The van der Waals surface area contributed by atoms with E-state index in [4.69, 9.17) is 30.2 Å². The molecular formula is C11H9ClN2O4. The van der Waals surface area contributed by atoms with Gasteiger partial charge in [0.15, 0.2) is 18.1 Å². The van der Waals surface area contributed by atoms with Gasteiger partial charge in [0, 0.05) is 6.07 Å². The maximum Gasteiger partial charge on any atom is 0.253 e. The summed E-state index contributed by atoms with van der Waals surface area (Å²) in [6, 6.07) is 5.32. The molecule has 94 valence electrons. The van der Waals surface area contributed by atoms with Crippen LogP contribution in [0.3, 0.4) is 0 Å². The molecule has 2 heterocycles. The number of fused-ring (bicyclic) bond motifs is 1. The van der Waals surface area contributed by atoms with Crippen LogP contribution in [0.15, 0.2) is 22.6 Å². The van der Waals surface area contributed by atoms with E-state index in [1.54, 1.807) is 18.2 Å². The minimum absolute atomic E-state index is 0.184. The first-order valence-electron chi connectivity index (χ1n) is 5.25. The number of alkyl halides is 1. The Kier molecular flexibility index (Phi) is 2.93. The van der Waals surface area contributed by atoms with Gasteiger partial charge in [0.1, 0.15) is 11.6 Å². The van der Waals surface area contributed by atoms with E-state index >= 15 is 0 Å². The molecule has 0 N–H and O–H groups in total. The van der Waals surface area contributed by atoms with Gasteiger partial charge in [-0.05, 0) is 12.1 Å². The summed E-state index contributed by atoms with van der Waals surface area (Å²) in [6.45, 7) is 0.422. The Hall–Kier alpha value is -1.95. The van der Waals surface area contributed by atoms with Crippen molar-refractivity contribution in [2.24, 2.45) is 0 Å². The molecule has 6 nitrogen and oxygen atoms in total. The average Bonchev–Trinajstić information content (AvgIpc) is 3.04. The van der Waals surface area contributed by atoms with Gasteiger partial charge < -0.3 is 18.6 Å². The molecule has 0 radical (unpaired) electrons. The first-order valence-corrected chi connectivity index (χ1v) is 5.78. The van der Waals surface area contributed by atoms with Gasteiger partial charge in [0.05, 0.1) is 0 Å². The average molecular weight is 269 g/mol. The smallest absolute Gasteiger partial charge is 0.253 e. The normalized spacial score (nSPS) is 12.7. The predicted molar refractivity (Wildman–Crippen MR) is 60.8 cm³/mol. The van der Waals surface area contributed by atoms with Crippen LogP contribution in [0.4, 0.5) is 0 Å². The fourth-order valence-electron chi connectivity index (χ4n) is 1.51. The third-order valence-electron chi connectivity index (χ3n) is 2.33. The number of halogens is 1. The highest BCUT2D eigenvalue weighted by Gasteiger charge is 2.14. The molecule has 1 aromatic heterocycles. The second-order valence-electron chi connectivity index (χ2n) is 3.53. The summed E-state index contributed by atoms with van der Waals surface area (Å²) < 4.78 is 21.2. The molecule has 0 saturated carbocycles. The molecule has 0 aliphatic carbocycles. The van der Waals surface area contributed by atoms with E-state index in [9.17, 15) is 0 Å². The summed E-state index contributed by atoms with van der Waals surface area (Å²) in [6.07, 6.45) is 0. The number of aromatic nitrogens is 2. The zero-order valence-corrected chi connectivity index (χ0v) is 10.0. The Morgan fingerprint density at radius 3 is 2.83 bits per heavy atom. The maximum atomic E-state index is 5.55. The molecule has 0 spiro atoms. The summed E-state index contributed by atoms with van der Waals surface area (Å²) in [5, 5.41) is 7.52. The molecule has 0 atom stereocenters. The Morgan fingerprint density at radius 2 is 2.00 bits per heavy atom. The molecule has 0 bridgehead atoms. The molecule has 3 rings (SSSR count). The number of rotatable bonds is 4. The zero-order valence-electron chi connectivity index (χ0n) is 9.26. The Labute approximate surface area is 107 Å². The Morgan fingerprint density at radius 1 is 1.17 bits per heavy atom. The summed E-state index contributed by atoms with van der Waals surface area (Å²) in [5.41, 5.74) is 0. The lowest BCUT2D eigenvalue weighted by Gasteiger charge is -2.03. The van der Waals surface area contributed by atoms with Gasteiger partial charge in [-0.1, -0.05) is 0 Å². The highest BCUT2D eigenvalue weighted by molar-refractivity contribution is 6.16. The zero-order chi connectivity index (χ0) is 12.4. The van der Waals surface area contributed by atoms with Crippen LogP contribution in [0.25, 0.3) is 0 Å². The predicted octanol–water partition coefficient (Wildman–Crippen LogP) is 2.12. The van der Waals surface area contributed by atoms with E-state index in [0.717, 1.165) is 0 Å². The van der Waals surface area contributed by atoms with Crippen molar-refractivity contribution < 1.29 is 18.6 Å². The SMILES string of the molecule is ClCc1nnc(COc2ccc3c(c2)OCO3)o1. The second-order valence-corrected chi connectivity index (χ2v) is 3.79. The van der Waals surface area contributed by atoms with E-state index < -0.39 is 0 Å². The summed E-state index contributed by atoms with van der Waals surface area (Å²) in [5.74, 6) is 2.97. The molecule has 0 saturated heterocycles. The number of benzene rings is 1. The summed E-state index contributed by atoms with van der Waals surface area (Å²) in [4.78, 5) is 0. The number of ether oxygens (including phenoxy) is 3. The van der Waals surface area contributed by atoms with Crippen molar-refractivity contribution in [1.29, 1.82) is 0 Å². The minimum atomic E-state index is 0.184. The Balaban J connectivity index is 1.66. The third kappa shape index (κ3) is 2.19. The lowest BCUT2D eigenvalue weighted by molar-refractivity contribution is 0.173. The van der Waals surface area contributed by atoms with Crippen molar-refractivity contribution in [2.45, 2.75) is 12.5 Å². The first-order chi connectivity index (χ1) is 8.85. The fraction of sp³-hybridized carbons (Fsp3) is 0.273. The van der Waals surface area contributed by atoms with Gasteiger partial charge in [-0.2, -0.15) is 0 Å². The van der Waals surface area contributed by atoms with E-state index in [-0.39, 0.29) is 19.3 Å². The van der Waals surface area contributed by atoms with E-state index in [1.807, 2.05) is 0 Å². The monoisotopic (exact) mass is 268 g/mol. The Bertz CT molecular complexity index is 558. The molecule has 7 heteroatoms. The number of nitrogens with zero attached hydrogens (tertiary/aromatic N) is 2. The highest BCUT2D eigenvalue weighted by Crippen LogP contribution is 2.35. The third-order valence-corrected chi connectivity index (χ3v) is 2.56. The van der Waals surface area contributed by atoms with Crippen molar-refractivity contribution in [3.8, 4) is 17.2 Å². The number of hydrogen-bond donors (Lipinski definition) is 0. The molecule has 1 aliphatic heterocycles. The highest BCUT2D eigenvalue weighted by atomic mass is 35.5. The van der Waals surface area contributed by atoms with Gasteiger partial charge in [0.25, 0.3) is 5.89 Å². The second kappa shape index (κ2) is 4.73. The van der Waals surface area contributed by atoms with Crippen molar-refractivity contribution in [3.63, 3.8) is 0 Å². The van der Waals surface area contributed by atoms with Crippen molar-refractivity contribution in [2.75, 3.05) is 6.79 Å². The number of hydrogen-bond acceptors (Lipinski definition) is 6. The fourth-order valence-corrected chi connectivity index (χ4v) is 1.62. The van der Waals surface area contributed by atoms with Crippen LogP contribution in [-0.4, -0.2) is 17.0 Å². The van der Waals surface area contributed by atoms with Crippen molar-refractivity contribution >= 4 is 11.6 Å². The van der Waals surface area contributed by atoms with E-state index in [2.05, 4.69) is 10.2 Å². The lowest BCUT2D eigenvalue weighted by Crippen LogP contribution is -1.95. The molecule has 18 heavy (non-hydrogen) atoms. The maximum absolute atomic E-state index is 5.55. The topological polar surface area (TPSA) is 66.6 Å². The van der Waals surface area contributed by atoms with Crippen LogP contribution in [0, 0.1) is 0 Å². The van der Waals surface area contributed by atoms with Gasteiger partial charge >= 0.3 is 0 Å². The first kappa shape index (κ1) is 11.2. The van der Waals surface area contributed by atoms with Gasteiger partial charge in [0.2, 0.25) is 12.7 Å². The molecule has 2 aromatic rings. The standard InChI is InChI=1S/C11H9ClN2O4/c12-4-10-13-14-11(18-10)5-15-7-1-2-8-9(3-7)17-6-16-8/h1-3H,4-6H2. The molecule has 1 aromatic carbocycles. The molecule has 0 fully saturated rings. The minimum Gasteiger partial charge on any atom is -0.484 e. The molecule has 0 amide bonds. The lowest BCUT2D eigenvalue weighted by atomic mass is 10.3. The van der Waals surface area contributed by atoms with Crippen LogP contribution in [0.2, 0.25) is 0 Å². The van der Waals surface area contributed by atoms with E-state index in [0.29, 0.717) is 29.0 Å². The van der Waals surface area contributed by atoms with Gasteiger partial charge in [-0.3, -0.25) is 0 Å². The van der Waals surface area contributed by atoms with Crippen molar-refractivity contribution in [1.82, 2.24) is 10.2 Å². The summed E-state index contributed by atoms with van der Waals surface area (Å²) >= 11 is 5.55. The molecular weight excluding hydrogens is 260 g/mol. The largest absolute Gasteiger partial charge is 0.484 e. The van der Waals surface area contributed by atoms with E-state index in [1.165, 1.54) is 0 Å². The summed E-state index contributed by atoms with van der Waals surface area (Å²) in [7, 11) is 0. The van der Waals surface area contributed by atoms with Crippen LogP contribution in [-0.2, 0) is 12.5 Å². The molecule has 1 aliphatic rings. The molecule has 0 unspecified atom stereocenters. The van der Waals surface area contributed by atoms with Gasteiger partial charge in [-0.15, -0.1) is 21.8 Å². The van der Waals surface area contributed by atoms with Crippen LogP contribution < -0.4 is 14.2 Å². The van der Waals surface area contributed by atoms with Crippen LogP contribution in [0.5, 0.6) is 17.2 Å². The van der Waals surface area contributed by atoms with Gasteiger partial charge in [-0.25, -0.2) is 0 Å². The quantitative estimate of drug-likeness (QED) is 0.791. The van der Waals surface area contributed by atoms with Crippen LogP contribution in [0.1, 0.15) is 11.8 Å².